The van der Waals surface area contributed by atoms with Crippen LogP contribution in [0.3, 0.4) is 0 Å². The van der Waals surface area contributed by atoms with E-state index in [2.05, 4.69) is 20.1 Å². The fraction of sp³-hybridized carbons (Fsp3) is 0.0588. The number of aliphatic imine (C=N–C) groups is 1. The van der Waals surface area contributed by atoms with Gasteiger partial charge in [0, 0.05) is 11.6 Å². The zero-order chi connectivity index (χ0) is 17.6. The molecule has 3 aromatic rings. The molecule has 0 unspecified atom stereocenters. The minimum Gasteiger partial charge on any atom is -0.396 e. The van der Waals surface area contributed by atoms with E-state index < -0.39 is 0 Å². The summed E-state index contributed by atoms with van der Waals surface area (Å²) in [5.41, 5.74) is 13.7. The minimum absolute atomic E-state index is 0.126. The van der Waals surface area contributed by atoms with Crippen LogP contribution in [-0.4, -0.2) is 20.8 Å². The number of hydrogen-bond acceptors (Lipinski definition) is 7. The van der Waals surface area contributed by atoms with Crippen LogP contribution in [0.15, 0.2) is 64.6 Å². The van der Waals surface area contributed by atoms with Gasteiger partial charge < -0.3 is 16.0 Å². The van der Waals surface area contributed by atoms with E-state index in [1.165, 1.54) is 24.7 Å². The first-order valence-electron chi connectivity index (χ1n) is 7.37. The highest BCUT2D eigenvalue weighted by Gasteiger charge is 2.09. The van der Waals surface area contributed by atoms with Crippen LogP contribution in [-0.2, 0) is 6.54 Å². The van der Waals surface area contributed by atoms with Crippen molar-refractivity contribution in [2.75, 3.05) is 5.73 Å². The first-order chi connectivity index (χ1) is 12.1. The molecule has 25 heavy (non-hydrogen) atoms. The second-order valence-corrected chi connectivity index (χ2v) is 5.12. The van der Waals surface area contributed by atoms with Gasteiger partial charge >= 0.3 is 0 Å². The maximum Gasteiger partial charge on any atom is 0.175 e. The molecule has 0 saturated heterocycles. The Hall–Kier alpha value is -3.55. The summed E-state index contributed by atoms with van der Waals surface area (Å²) in [5, 5.41) is 3.85. The van der Waals surface area contributed by atoms with E-state index in [0.717, 1.165) is 0 Å². The molecule has 7 nitrogen and oxygen atoms in total. The highest BCUT2D eigenvalue weighted by molar-refractivity contribution is 6.10. The molecule has 2 heterocycles. The zero-order valence-electron chi connectivity index (χ0n) is 13.1. The van der Waals surface area contributed by atoms with E-state index in [9.17, 15) is 4.39 Å². The summed E-state index contributed by atoms with van der Waals surface area (Å²) >= 11 is 0. The molecule has 1 aromatic carbocycles. The summed E-state index contributed by atoms with van der Waals surface area (Å²) in [6.45, 7) is 0.126. The molecule has 0 aliphatic carbocycles. The third kappa shape index (κ3) is 4.05. The number of anilines is 1. The van der Waals surface area contributed by atoms with Gasteiger partial charge in [0.2, 0.25) is 0 Å². The van der Waals surface area contributed by atoms with Crippen molar-refractivity contribution < 1.29 is 8.91 Å². The SMILES string of the molecule is NC(=CC(=NCc1ccccc1F)c1ccon1)c1ncc(N)cn1. The number of nitrogen functional groups attached to an aromatic ring is 1. The molecule has 0 amide bonds. The molecule has 0 bridgehead atoms. The Morgan fingerprint density at radius 3 is 2.64 bits per heavy atom. The lowest BCUT2D eigenvalue weighted by molar-refractivity contribution is 0.418. The predicted molar refractivity (Wildman–Crippen MR) is 91.8 cm³/mol. The van der Waals surface area contributed by atoms with Gasteiger partial charge in [0.25, 0.3) is 0 Å². The molecule has 4 N–H and O–H groups in total. The largest absolute Gasteiger partial charge is 0.396 e. The van der Waals surface area contributed by atoms with Gasteiger partial charge in [-0.15, -0.1) is 0 Å². The maximum absolute atomic E-state index is 13.8. The van der Waals surface area contributed by atoms with Gasteiger partial charge in [-0.25, -0.2) is 14.4 Å². The van der Waals surface area contributed by atoms with E-state index in [1.807, 2.05) is 0 Å². The summed E-state index contributed by atoms with van der Waals surface area (Å²) in [5.74, 6) is -0.0270. The molecule has 3 rings (SSSR count). The Balaban J connectivity index is 1.93. The van der Waals surface area contributed by atoms with Crippen LogP contribution in [0.5, 0.6) is 0 Å². The topological polar surface area (TPSA) is 116 Å². The molecule has 8 heteroatoms. The molecular weight excluding hydrogens is 323 g/mol. The molecule has 0 saturated carbocycles. The normalized spacial score (nSPS) is 12.4. The molecule has 2 aromatic heterocycles. The van der Waals surface area contributed by atoms with E-state index in [-0.39, 0.29) is 18.1 Å². The Labute approximate surface area is 142 Å². The van der Waals surface area contributed by atoms with Gasteiger partial charge in [0.15, 0.2) is 5.82 Å². The lowest BCUT2D eigenvalue weighted by Gasteiger charge is -2.03. The van der Waals surface area contributed by atoms with Gasteiger partial charge in [-0.1, -0.05) is 23.4 Å². The quantitative estimate of drug-likeness (QED) is 0.689. The van der Waals surface area contributed by atoms with E-state index >= 15 is 0 Å². The number of allylic oxidation sites excluding steroid dienone is 1. The summed E-state index contributed by atoms with van der Waals surface area (Å²) in [4.78, 5) is 12.5. The fourth-order valence-corrected chi connectivity index (χ4v) is 2.04. The van der Waals surface area contributed by atoms with Crippen molar-refractivity contribution in [3.63, 3.8) is 0 Å². The summed E-state index contributed by atoms with van der Waals surface area (Å²) in [7, 11) is 0. The van der Waals surface area contributed by atoms with Crippen molar-refractivity contribution in [3.8, 4) is 0 Å². The standard InChI is InChI=1S/C17H15FN6O/c18-13-4-2-1-3-11(13)8-21-16(15-5-6-25-24-15)7-14(20)17-22-9-12(19)10-23-17/h1-7,9-10H,8,19-20H2. The van der Waals surface area contributed by atoms with Crippen molar-refractivity contribution in [1.82, 2.24) is 15.1 Å². The van der Waals surface area contributed by atoms with Crippen LogP contribution in [0.4, 0.5) is 10.1 Å². The van der Waals surface area contributed by atoms with Gasteiger partial charge in [0.05, 0.1) is 36.0 Å². The van der Waals surface area contributed by atoms with Gasteiger partial charge in [-0.2, -0.15) is 0 Å². The Kier molecular flexibility index (Phi) is 4.79. The van der Waals surface area contributed by atoms with Crippen molar-refractivity contribution in [3.05, 3.63) is 78.0 Å². The summed E-state index contributed by atoms with van der Waals surface area (Å²) in [6.07, 6.45) is 5.88. The second-order valence-electron chi connectivity index (χ2n) is 5.12. The second kappa shape index (κ2) is 7.35. The first kappa shape index (κ1) is 16.3. The number of nitrogens with zero attached hydrogens (tertiary/aromatic N) is 4. The lowest BCUT2D eigenvalue weighted by Crippen LogP contribution is -2.08. The molecule has 0 radical (unpaired) electrons. The molecule has 126 valence electrons. The Morgan fingerprint density at radius 1 is 1.20 bits per heavy atom. The highest BCUT2D eigenvalue weighted by Crippen LogP contribution is 2.11. The summed E-state index contributed by atoms with van der Waals surface area (Å²) in [6, 6.07) is 8.05. The monoisotopic (exact) mass is 338 g/mol. The van der Waals surface area contributed by atoms with Gasteiger partial charge in [-0.05, 0) is 12.1 Å². The first-order valence-corrected chi connectivity index (χ1v) is 7.37. The van der Waals surface area contributed by atoms with Crippen molar-refractivity contribution >= 4 is 17.1 Å². The van der Waals surface area contributed by atoms with Gasteiger partial charge in [0.1, 0.15) is 17.8 Å². The fourth-order valence-electron chi connectivity index (χ4n) is 2.04. The van der Waals surface area contributed by atoms with Crippen molar-refractivity contribution in [2.24, 2.45) is 10.7 Å². The van der Waals surface area contributed by atoms with Crippen molar-refractivity contribution in [1.29, 1.82) is 0 Å². The summed E-state index contributed by atoms with van der Waals surface area (Å²) < 4.78 is 18.6. The number of rotatable bonds is 5. The third-order valence-corrected chi connectivity index (χ3v) is 3.30. The maximum atomic E-state index is 13.8. The number of benzene rings is 1. The number of hydrogen-bond donors (Lipinski definition) is 2. The molecule has 0 atom stereocenters. The zero-order valence-corrected chi connectivity index (χ0v) is 13.1. The highest BCUT2D eigenvalue weighted by atomic mass is 19.1. The van der Waals surface area contributed by atoms with Crippen LogP contribution in [0.2, 0.25) is 0 Å². The van der Waals surface area contributed by atoms with Crippen LogP contribution >= 0.6 is 0 Å². The van der Waals surface area contributed by atoms with E-state index in [0.29, 0.717) is 28.5 Å². The van der Waals surface area contributed by atoms with Crippen LogP contribution < -0.4 is 11.5 Å². The van der Waals surface area contributed by atoms with Crippen LogP contribution in [0.25, 0.3) is 5.70 Å². The smallest absolute Gasteiger partial charge is 0.175 e. The molecular formula is C17H15FN6O. The third-order valence-electron chi connectivity index (χ3n) is 3.30. The lowest BCUT2D eigenvalue weighted by atomic mass is 10.2. The minimum atomic E-state index is -0.329. The molecule has 0 aliphatic heterocycles. The average Bonchev–Trinajstić information content (AvgIpc) is 3.15. The van der Waals surface area contributed by atoms with E-state index in [1.54, 1.807) is 30.3 Å². The number of halogens is 1. The van der Waals surface area contributed by atoms with Crippen LogP contribution in [0.1, 0.15) is 17.1 Å². The molecule has 0 aliphatic rings. The van der Waals surface area contributed by atoms with Crippen molar-refractivity contribution in [2.45, 2.75) is 6.54 Å². The molecule has 0 fully saturated rings. The molecule has 0 spiro atoms. The van der Waals surface area contributed by atoms with Gasteiger partial charge in [-0.3, -0.25) is 4.99 Å². The van der Waals surface area contributed by atoms with Crippen LogP contribution in [0, 0.1) is 5.82 Å². The number of aromatic nitrogens is 3. The Bertz CT molecular complexity index is 903. The number of nitrogens with two attached hydrogens (primary N) is 2. The average molecular weight is 338 g/mol. The predicted octanol–water partition coefficient (Wildman–Crippen LogP) is 2.18. The van der Waals surface area contributed by atoms with E-state index in [4.69, 9.17) is 16.0 Å². The Morgan fingerprint density at radius 2 is 1.96 bits per heavy atom.